The second-order valence-corrected chi connectivity index (χ2v) is 7.73. The first-order chi connectivity index (χ1) is 12.8. The van der Waals surface area contributed by atoms with E-state index >= 15 is 0 Å². The maximum atomic E-state index is 12.5. The Hall–Kier alpha value is -2.78. The Kier molecular flexibility index (Phi) is 6.65. The highest BCUT2D eigenvalue weighted by molar-refractivity contribution is 7.89. The molecule has 0 saturated heterocycles. The summed E-state index contributed by atoms with van der Waals surface area (Å²) >= 11 is 0. The molecule has 0 unspecified atom stereocenters. The number of hydrogen-bond donors (Lipinski definition) is 2. The average molecular weight is 391 g/mol. The lowest BCUT2D eigenvalue weighted by Gasteiger charge is -2.18. The molecular formula is C18H23N4O4S+. The topological polar surface area (TPSA) is 113 Å². The van der Waals surface area contributed by atoms with E-state index in [0.29, 0.717) is 24.3 Å². The minimum Gasteiger partial charge on any atom is -0.365 e. The SMILES string of the molecule is CCN(CC)S(=O)(=O)c1ccc(NC(=O)C[n+]2cccc(C(N)=O)c2)cc1. The molecule has 8 nitrogen and oxygen atoms in total. The average Bonchev–Trinajstić information content (AvgIpc) is 2.63. The summed E-state index contributed by atoms with van der Waals surface area (Å²) in [6.45, 7) is 4.32. The second-order valence-electron chi connectivity index (χ2n) is 5.79. The molecule has 0 aliphatic heterocycles. The molecule has 1 heterocycles. The van der Waals surface area contributed by atoms with Crippen molar-refractivity contribution in [1.29, 1.82) is 0 Å². The Labute approximate surface area is 158 Å². The number of benzene rings is 1. The van der Waals surface area contributed by atoms with Crippen LogP contribution in [0.3, 0.4) is 0 Å². The molecule has 0 atom stereocenters. The van der Waals surface area contributed by atoms with E-state index in [9.17, 15) is 18.0 Å². The third-order valence-corrected chi connectivity index (χ3v) is 6.01. The number of rotatable bonds is 8. The first kappa shape index (κ1) is 20.5. The molecule has 0 aliphatic rings. The molecule has 0 radical (unpaired) electrons. The van der Waals surface area contributed by atoms with Crippen LogP contribution in [0, 0.1) is 0 Å². The van der Waals surface area contributed by atoms with Crippen molar-refractivity contribution in [3.63, 3.8) is 0 Å². The number of carbonyl (C=O) groups excluding carboxylic acids is 2. The third-order valence-electron chi connectivity index (χ3n) is 3.95. The number of pyridine rings is 1. The molecule has 2 aromatic rings. The van der Waals surface area contributed by atoms with Gasteiger partial charge in [0.05, 0.1) is 4.90 Å². The van der Waals surface area contributed by atoms with Crippen LogP contribution < -0.4 is 15.6 Å². The van der Waals surface area contributed by atoms with Crippen LogP contribution in [0.25, 0.3) is 0 Å². The summed E-state index contributed by atoms with van der Waals surface area (Å²) in [4.78, 5) is 23.5. The van der Waals surface area contributed by atoms with Gasteiger partial charge in [-0.1, -0.05) is 13.8 Å². The van der Waals surface area contributed by atoms with E-state index in [4.69, 9.17) is 5.73 Å². The molecule has 0 bridgehead atoms. The standard InChI is InChI=1S/C18H22N4O4S/c1-3-22(4-2)27(25,26)16-9-7-15(8-10-16)20-17(23)13-21-11-5-6-14(12-21)18(19)24/h5-12H,3-4,13H2,1-2H3,(H2-,19,20,23,24)/p+1. The zero-order valence-corrected chi connectivity index (χ0v) is 16.1. The number of aromatic nitrogens is 1. The number of nitrogens with two attached hydrogens (primary N) is 1. The predicted octanol–water partition coefficient (Wildman–Crippen LogP) is 0.742. The fourth-order valence-electron chi connectivity index (χ4n) is 2.56. The number of anilines is 1. The quantitative estimate of drug-likeness (QED) is 0.646. The highest BCUT2D eigenvalue weighted by Crippen LogP contribution is 2.18. The van der Waals surface area contributed by atoms with Gasteiger partial charge in [0.2, 0.25) is 16.6 Å². The summed E-state index contributed by atoms with van der Waals surface area (Å²) in [6, 6.07) is 9.19. The maximum Gasteiger partial charge on any atom is 0.290 e. The van der Waals surface area contributed by atoms with Gasteiger partial charge in [-0.05, 0) is 30.3 Å². The molecule has 0 spiro atoms. The number of amides is 2. The molecule has 1 aromatic carbocycles. The van der Waals surface area contributed by atoms with Gasteiger partial charge >= 0.3 is 0 Å². The highest BCUT2D eigenvalue weighted by atomic mass is 32.2. The van der Waals surface area contributed by atoms with Crippen LogP contribution in [0.1, 0.15) is 24.2 Å². The van der Waals surface area contributed by atoms with Crippen molar-refractivity contribution in [3.8, 4) is 0 Å². The smallest absolute Gasteiger partial charge is 0.290 e. The van der Waals surface area contributed by atoms with Crippen molar-refractivity contribution in [2.75, 3.05) is 18.4 Å². The van der Waals surface area contributed by atoms with Crippen LogP contribution >= 0.6 is 0 Å². The number of sulfonamides is 1. The van der Waals surface area contributed by atoms with Gasteiger partial charge in [0.25, 0.3) is 11.8 Å². The molecule has 2 amide bonds. The predicted molar refractivity (Wildman–Crippen MR) is 100 cm³/mol. The van der Waals surface area contributed by atoms with Gasteiger partial charge < -0.3 is 11.1 Å². The van der Waals surface area contributed by atoms with E-state index in [1.54, 1.807) is 44.3 Å². The molecule has 144 valence electrons. The highest BCUT2D eigenvalue weighted by Gasteiger charge is 2.21. The maximum absolute atomic E-state index is 12.5. The van der Waals surface area contributed by atoms with Gasteiger partial charge in [0, 0.05) is 24.8 Å². The molecule has 27 heavy (non-hydrogen) atoms. The van der Waals surface area contributed by atoms with Gasteiger partial charge in [0.1, 0.15) is 5.56 Å². The molecule has 3 N–H and O–H groups in total. The van der Waals surface area contributed by atoms with Gasteiger partial charge in [0.15, 0.2) is 12.4 Å². The lowest BCUT2D eigenvalue weighted by atomic mass is 10.2. The number of hydrogen-bond acceptors (Lipinski definition) is 4. The Morgan fingerprint density at radius 2 is 1.74 bits per heavy atom. The van der Waals surface area contributed by atoms with Gasteiger partial charge in [-0.15, -0.1) is 0 Å². The van der Waals surface area contributed by atoms with Crippen LogP contribution in [0.5, 0.6) is 0 Å². The third kappa shape index (κ3) is 5.11. The molecular weight excluding hydrogens is 368 g/mol. The Balaban J connectivity index is 2.07. The fraction of sp³-hybridized carbons (Fsp3) is 0.278. The van der Waals surface area contributed by atoms with Crippen molar-refractivity contribution in [2.45, 2.75) is 25.3 Å². The molecule has 9 heteroatoms. The molecule has 2 rings (SSSR count). The largest absolute Gasteiger partial charge is 0.365 e. The summed E-state index contributed by atoms with van der Waals surface area (Å²) in [5.41, 5.74) is 6.00. The van der Waals surface area contributed by atoms with Gasteiger partial charge in [-0.25, -0.2) is 8.42 Å². The lowest BCUT2D eigenvalue weighted by Crippen LogP contribution is -2.40. The van der Waals surface area contributed by atoms with Crippen LogP contribution in [0.2, 0.25) is 0 Å². The van der Waals surface area contributed by atoms with Crippen LogP contribution in [0.4, 0.5) is 5.69 Å². The normalized spacial score (nSPS) is 11.4. The number of nitrogens with zero attached hydrogens (tertiary/aromatic N) is 2. The summed E-state index contributed by atoms with van der Waals surface area (Å²) in [6.07, 6.45) is 3.13. The van der Waals surface area contributed by atoms with Crippen LogP contribution in [0.15, 0.2) is 53.7 Å². The molecule has 0 aliphatic carbocycles. The van der Waals surface area contributed by atoms with Gasteiger partial charge in [-0.3, -0.25) is 9.59 Å². The van der Waals surface area contributed by atoms with Crippen LogP contribution in [-0.2, 0) is 21.4 Å². The Morgan fingerprint density at radius 1 is 1.11 bits per heavy atom. The van der Waals surface area contributed by atoms with E-state index in [-0.39, 0.29) is 17.3 Å². The van der Waals surface area contributed by atoms with E-state index in [0.717, 1.165) is 0 Å². The minimum atomic E-state index is -3.54. The molecule has 1 aromatic heterocycles. The van der Waals surface area contributed by atoms with E-state index in [2.05, 4.69) is 5.32 Å². The number of primary amides is 1. The minimum absolute atomic E-state index is 0.0133. The number of carbonyl (C=O) groups is 2. The second kappa shape index (κ2) is 8.74. The first-order valence-corrected chi connectivity index (χ1v) is 9.91. The van der Waals surface area contributed by atoms with Gasteiger partial charge in [-0.2, -0.15) is 8.87 Å². The number of nitrogens with one attached hydrogen (secondary N) is 1. The summed E-state index contributed by atoms with van der Waals surface area (Å²) in [5, 5.41) is 2.69. The molecule has 0 saturated carbocycles. The van der Waals surface area contributed by atoms with E-state index < -0.39 is 15.9 Å². The lowest BCUT2D eigenvalue weighted by molar-refractivity contribution is -0.684. The zero-order chi connectivity index (χ0) is 20.0. The summed E-state index contributed by atoms with van der Waals surface area (Å²) in [5.74, 6) is -0.893. The van der Waals surface area contributed by atoms with Crippen molar-refractivity contribution in [3.05, 3.63) is 54.4 Å². The van der Waals surface area contributed by atoms with E-state index in [1.807, 2.05) is 0 Å². The Bertz CT molecular complexity index is 923. The summed E-state index contributed by atoms with van der Waals surface area (Å²) in [7, 11) is -3.54. The van der Waals surface area contributed by atoms with E-state index in [1.165, 1.54) is 27.2 Å². The van der Waals surface area contributed by atoms with Crippen molar-refractivity contribution in [2.24, 2.45) is 5.73 Å². The zero-order valence-electron chi connectivity index (χ0n) is 15.3. The van der Waals surface area contributed by atoms with Crippen LogP contribution in [-0.4, -0.2) is 37.6 Å². The fourth-order valence-corrected chi connectivity index (χ4v) is 4.01. The van der Waals surface area contributed by atoms with Crippen molar-refractivity contribution < 1.29 is 22.6 Å². The van der Waals surface area contributed by atoms with Crippen molar-refractivity contribution >= 4 is 27.5 Å². The van der Waals surface area contributed by atoms with Crippen molar-refractivity contribution in [1.82, 2.24) is 4.31 Å². The summed E-state index contributed by atoms with van der Waals surface area (Å²) < 4.78 is 27.8. The monoisotopic (exact) mass is 391 g/mol. The first-order valence-electron chi connectivity index (χ1n) is 8.47. The Morgan fingerprint density at radius 3 is 2.30 bits per heavy atom. The molecule has 0 fully saturated rings.